The van der Waals surface area contributed by atoms with Crippen LogP contribution < -0.4 is 0 Å². The van der Waals surface area contributed by atoms with E-state index in [0.717, 1.165) is 19.3 Å². The summed E-state index contributed by atoms with van der Waals surface area (Å²) in [6.45, 7) is 2.00. The second-order valence-electron chi connectivity index (χ2n) is 2.78. The molecule has 0 aromatic carbocycles. The van der Waals surface area contributed by atoms with Gasteiger partial charge in [0, 0.05) is 0 Å². The van der Waals surface area contributed by atoms with Gasteiger partial charge in [-0.1, -0.05) is 19.8 Å². The van der Waals surface area contributed by atoms with Gasteiger partial charge in [0.05, 0.1) is 0 Å². The first-order chi connectivity index (χ1) is 3.80. The molecule has 0 aromatic rings. The first-order valence-electron chi connectivity index (χ1n) is 3.45. The summed E-state index contributed by atoms with van der Waals surface area (Å²) in [4.78, 5) is 0. The molecule has 0 saturated heterocycles. The fourth-order valence-electron chi connectivity index (χ4n) is 1.27. The molecule has 1 heteroatoms. The summed E-state index contributed by atoms with van der Waals surface area (Å²) in [7, 11) is 0. The number of rotatable bonds is 0. The molecule has 0 N–H and O–H groups in total. The molecule has 0 nitrogen and oxygen atoms in total. The molecule has 0 spiro atoms. The zero-order chi connectivity index (χ0) is 5.98. The second-order valence-corrected chi connectivity index (χ2v) is 2.78. The van der Waals surface area contributed by atoms with E-state index in [-0.39, 0.29) is 0 Å². The largest absolute Gasteiger partial charge is 0.247 e. The average molecular weight is 116 g/mol. The van der Waals surface area contributed by atoms with Gasteiger partial charge in [0.25, 0.3) is 0 Å². The zero-order valence-corrected chi connectivity index (χ0v) is 5.36. The molecule has 1 saturated carbocycles. The van der Waals surface area contributed by atoms with Crippen molar-refractivity contribution in [2.24, 2.45) is 5.92 Å². The van der Waals surface area contributed by atoms with Gasteiger partial charge in [-0.2, -0.15) is 0 Å². The summed E-state index contributed by atoms with van der Waals surface area (Å²) in [5, 5.41) is 0. The van der Waals surface area contributed by atoms with Crippen LogP contribution in [0.3, 0.4) is 0 Å². The summed E-state index contributed by atoms with van der Waals surface area (Å²) in [6, 6.07) is 0. The molecular formula is C7H13F. The molecular weight excluding hydrogens is 103 g/mol. The standard InChI is InChI=1S/C7H13F/c1-6-4-2-3-5-7(6)8/h6-7H,2-5H2,1H3/t6-,7-/m1/s1. The Morgan fingerprint density at radius 2 is 1.88 bits per heavy atom. The van der Waals surface area contributed by atoms with Gasteiger partial charge in [-0.05, 0) is 18.8 Å². The van der Waals surface area contributed by atoms with E-state index in [4.69, 9.17) is 0 Å². The van der Waals surface area contributed by atoms with Gasteiger partial charge in [-0.3, -0.25) is 0 Å². The van der Waals surface area contributed by atoms with E-state index >= 15 is 0 Å². The van der Waals surface area contributed by atoms with E-state index in [1.54, 1.807) is 0 Å². The maximum atomic E-state index is 12.6. The third-order valence-corrected chi connectivity index (χ3v) is 2.01. The van der Waals surface area contributed by atoms with Crippen molar-refractivity contribution in [1.82, 2.24) is 0 Å². The van der Waals surface area contributed by atoms with Crippen molar-refractivity contribution in [1.29, 1.82) is 0 Å². The maximum absolute atomic E-state index is 12.6. The van der Waals surface area contributed by atoms with Crippen LogP contribution in [0, 0.1) is 5.92 Å². The lowest BCUT2D eigenvalue weighted by Gasteiger charge is -2.21. The Kier molecular flexibility index (Phi) is 1.87. The molecule has 0 radical (unpaired) electrons. The predicted octanol–water partition coefficient (Wildman–Crippen LogP) is 2.53. The van der Waals surface area contributed by atoms with Gasteiger partial charge in [0.15, 0.2) is 0 Å². The fraction of sp³-hybridized carbons (Fsp3) is 1.00. The van der Waals surface area contributed by atoms with E-state index in [1.807, 2.05) is 6.92 Å². The summed E-state index contributed by atoms with van der Waals surface area (Å²) in [5.74, 6) is 0.337. The third-order valence-electron chi connectivity index (χ3n) is 2.01. The van der Waals surface area contributed by atoms with Crippen LogP contribution in [0.15, 0.2) is 0 Å². The SMILES string of the molecule is C[C@@H]1CCCC[C@H]1F. The Bertz CT molecular complexity index is 60.8. The fourth-order valence-corrected chi connectivity index (χ4v) is 1.27. The lowest BCUT2D eigenvalue weighted by molar-refractivity contribution is 0.179. The normalized spacial score (nSPS) is 39.8. The lowest BCUT2D eigenvalue weighted by Crippen LogP contribution is -2.16. The van der Waals surface area contributed by atoms with Crippen LogP contribution in [0.4, 0.5) is 4.39 Å². The Morgan fingerprint density at radius 3 is 2.25 bits per heavy atom. The summed E-state index contributed by atoms with van der Waals surface area (Å²) < 4.78 is 12.6. The van der Waals surface area contributed by atoms with Crippen LogP contribution in [0.25, 0.3) is 0 Å². The Hall–Kier alpha value is -0.0700. The molecule has 1 aliphatic carbocycles. The highest BCUT2D eigenvalue weighted by molar-refractivity contribution is 4.70. The van der Waals surface area contributed by atoms with Crippen molar-refractivity contribution in [3.63, 3.8) is 0 Å². The van der Waals surface area contributed by atoms with Crippen molar-refractivity contribution >= 4 is 0 Å². The smallest absolute Gasteiger partial charge is 0.103 e. The first-order valence-corrected chi connectivity index (χ1v) is 3.45. The molecule has 48 valence electrons. The van der Waals surface area contributed by atoms with E-state index in [0.29, 0.717) is 5.92 Å². The van der Waals surface area contributed by atoms with Crippen molar-refractivity contribution in [2.45, 2.75) is 38.8 Å². The van der Waals surface area contributed by atoms with Gasteiger partial charge >= 0.3 is 0 Å². The number of alkyl halides is 1. The number of halogens is 1. The first kappa shape index (κ1) is 6.06. The van der Waals surface area contributed by atoms with Crippen LogP contribution in [-0.2, 0) is 0 Å². The molecule has 0 aliphatic heterocycles. The third kappa shape index (κ3) is 1.21. The van der Waals surface area contributed by atoms with Gasteiger partial charge < -0.3 is 0 Å². The molecule has 0 aromatic heterocycles. The minimum atomic E-state index is -0.497. The van der Waals surface area contributed by atoms with E-state index < -0.39 is 6.17 Å². The van der Waals surface area contributed by atoms with E-state index in [9.17, 15) is 4.39 Å². The van der Waals surface area contributed by atoms with Gasteiger partial charge in [-0.25, -0.2) is 4.39 Å². The molecule has 0 unspecified atom stereocenters. The summed E-state index contributed by atoms with van der Waals surface area (Å²) >= 11 is 0. The van der Waals surface area contributed by atoms with Crippen molar-refractivity contribution in [3.8, 4) is 0 Å². The second kappa shape index (κ2) is 2.47. The average Bonchev–Trinajstić information content (AvgIpc) is 1.77. The maximum Gasteiger partial charge on any atom is 0.103 e. The highest BCUT2D eigenvalue weighted by atomic mass is 19.1. The van der Waals surface area contributed by atoms with Crippen molar-refractivity contribution in [2.75, 3.05) is 0 Å². The van der Waals surface area contributed by atoms with Crippen LogP contribution in [0.5, 0.6) is 0 Å². The number of hydrogen-bond acceptors (Lipinski definition) is 0. The Morgan fingerprint density at radius 1 is 1.25 bits per heavy atom. The van der Waals surface area contributed by atoms with Crippen LogP contribution in [0.1, 0.15) is 32.6 Å². The number of hydrogen-bond donors (Lipinski definition) is 0. The van der Waals surface area contributed by atoms with Gasteiger partial charge in [0.2, 0.25) is 0 Å². The molecule has 8 heavy (non-hydrogen) atoms. The molecule has 1 fully saturated rings. The monoisotopic (exact) mass is 116 g/mol. The van der Waals surface area contributed by atoms with Crippen LogP contribution >= 0.6 is 0 Å². The highest BCUT2D eigenvalue weighted by Crippen LogP contribution is 2.25. The Balaban J connectivity index is 2.28. The van der Waals surface area contributed by atoms with E-state index in [2.05, 4.69) is 0 Å². The molecule has 1 rings (SSSR count). The topological polar surface area (TPSA) is 0 Å². The van der Waals surface area contributed by atoms with Gasteiger partial charge in [0.1, 0.15) is 6.17 Å². The summed E-state index contributed by atoms with van der Waals surface area (Å²) in [5.41, 5.74) is 0. The quantitative estimate of drug-likeness (QED) is 0.456. The molecule has 1 aliphatic rings. The van der Waals surface area contributed by atoms with Crippen molar-refractivity contribution < 1.29 is 4.39 Å². The van der Waals surface area contributed by atoms with Crippen molar-refractivity contribution in [3.05, 3.63) is 0 Å². The molecule has 0 amide bonds. The van der Waals surface area contributed by atoms with Crippen LogP contribution in [0.2, 0.25) is 0 Å². The zero-order valence-electron chi connectivity index (χ0n) is 5.36. The lowest BCUT2D eigenvalue weighted by atomic mass is 9.89. The van der Waals surface area contributed by atoms with Crippen LogP contribution in [-0.4, -0.2) is 6.17 Å². The van der Waals surface area contributed by atoms with E-state index in [1.165, 1.54) is 6.42 Å². The highest BCUT2D eigenvalue weighted by Gasteiger charge is 2.19. The molecule has 0 bridgehead atoms. The Labute approximate surface area is 50.1 Å². The summed E-state index contributed by atoms with van der Waals surface area (Å²) in [6.07, 6.45) is 3.75. The minimum absolute atomic E-state index is 0.337. The minimum Gasteiger partial charge on any atom is -0.247 e. The van der Waals surface area contributed by atoms with Gasteiger partial charge in [-0.15, -0.1) is 0 Å². The molecule has 0 heterocycles. The molecule has 2 atom stereocenters. The predicted molar refractivity (Wildman–Crippen MR) is 32.5 cm³/mol.